The zero-order valence-electron chi connectivity index (χ0n) is 13.9. The van der Waals surface area contributed by atoms with E-state index in [1.54, 1.807) is 0 Å². The summed E-state index contributed by atoms with van der Waals surface area (Å²) in [5.74, 6) is 0.734. The number of amides is 1. The summed E-state index contributed by atoms with van der Waals surface area (Å²) in [7, 11) is 0. The van der Waals surface area contributed by atoms with Crippen molar-refractivity contribution >= 4 is 17.3 Å². The molecule has 0 saturated carbocycles. The van der Waals surface area contributed by atoms with Crippen LogP contribution in [0.15, 0.2) is 48.5 Å². The molecule has 0 spiro atoms. The summed E-state index contributed by atoms with van der Waals surface area (Å²) in [4.78, 5) is 12.0. The Bertz CT molecular complexity index is 638. The predicted octanol–water partition coefficient (Wildman–Crippen LogP) is 4.22. The minimum Gasteiger partial charge on any atom is -0.491 e. The number of hydrogen-bond acceptors (Lipinski definition) is 3. The topological polar surface area (TPSA) is 50.4 Å². The number of carbonyl (C=O) groups is 1. The van der Waals surface area contributed by atoms with E-state index < -0.39 is 0 Å². The fourth-order valence-electron chi connectivity index (χ4n) is 2.08. The first-order valence-electron chi connectivity index (χ1n) is 7.94. The largest absolute Gasteiger partial charge is 0.491 e. The van der Waals surface area contributed by atoms with E-state index in [4.69, 9.17) is 4.74 Å². The molecule has 1 atom stereocenters. The van der Waals surface area contributed by atoms with Crippen LogP contribution in [0, 0.1) is 6.92 Å². The van der Waals surface area contributed by atoms with Crippen LogP contribution in [0.1, 0.15) is 25.8 Å². The van der Waals surface area contributed by atoms with Crippen LogP contribution in [0.3, 0.4) is 0 Å². The van der Waals surface area contributed by atoms with Crippen LogP contribution in [0.25, 0.3) is 0 Å². The molecule has 0 aliphatic carbocycles. The highest BCUT2D eigenvalue weighted by Crippen LogP contribution is 2.17. The number of carbonyl (C=O) groups excluding carboxylic acids is 1. The van der Waals surface area contributed by atoms with Gasteiger partial charge in [0.05, 0.1) is 12.6 Å². The van der Waals surface area contributed by atoms with Crippen molar-refractivity contribution in [3.8, 4) is 5.75 Å². The second-order valence-corrected chi connectivity index (χ2v) is 5.63. The highest BCUT2D eigenvalue weighted by molar-refractivity contribution is 5.93. The highest BCUT2D eigenvalue weighted by atomic mass is 16.5. The Morgan fingerprint density at radius 2 is 1.87 bits per heavy atom. The van der Waals surface area contributed by atoms with E-state index >= 15 is 0 Å². The number of benzene rings is 2. The van der Waals surface area contributed by atoms with Crippen molar-refractivity contribution in [1.29, 1.82) is 0 Å². The smallest absolute Gasteiger partial charge is 0.243 e. The Morgan fingerprint density at radius 1 is 1.13 bits per heavy atom. The summed E-state index contributed by atoms with van der Waals surface area (Å²) in [6.07, 6.45) is 1.15. The lowest BCUT2D eigenvalue weighted by atomic mass is 10.2. The van der Waals surface area contributed by atoms with Gasteiger partial charge in [0.1, 0.15) is 5.75 Å². The summed E-state index contributed by atoms with van der Waals surface area (Å²) in [5, 5.41) is 5.98. The molecule has 122 valence electrons. The van der Waals surface area contributed by atoms with Gasteiger partial charge in [-0.15, -0.1) is 0 Å². The van der Waals surface area contributed by atoms with Crippen LogP contribution in [-0.4, -0.2) is 18.6 Å². The summed E-state index contributed by atoms with van der Waals surface area (Å²) < 4.78 is 5.71. The van der Waals surface area contributed by atoms with E-state index in [0.29, 0.717) is 0 Å². The van der Waals surface area contributed by atoms with Gasteiger partial charge in [0.15, 0.2) is 0 Å². The molecule has 0 radical (unpaired) electrons. The zero-order chi connectivity index (χ0) is 16.7. The van der Waals surface area contributed by atoms with Crippen LogP contribution in [-0.2, 0) is 4.79 Å². The summed E-state index contributed by atoms with van der Waals surface area (Å²) in [6.45, 7) is 6.37. The Morgan fingerprint density at radius 3 is 2.52 bits per heavy atom. The third-order valence-corrected chi connectivity index (χ3v) is 3.52. The summed E-state index contributed by atoms with van der Waals surface area (Å²) >= 11 is 0. The Balaban J connectivity index is 1.83. The van der Waals surface area contributed by atoms with Gasteiger partial charge < -0.3 is 15.4 Å². The standard InChI is InChI=1S/C19H24N2O2/c1-4-15(3)23-18-10-8-16(9-11-18)21-19(22)13-20-17-7-5-6-14(2)12-17/h5-12,15,20H,4,13H2,1-3H3,(H,21,22). The van der Waals surface area contributed by atoms with Crippen molar-refractivity contribution in [2.45, 2.75) is 33.3 Å². The molecular weight excluding hydrogens is 288 g/mol. The SMILES string of the molecule is CCC(C)Oc1ccc(NC(=O)CNc2cccc(C)c2)cc1. The van der Waals surface area contributed by atoms with Crippen molar-refractivity contribution in [1.82, 2.24) is 0 Å². The van der Waals surface area contributed by atoms with Crippen LogP contribution >= 0.6 is 0 Å². The van der Waals surface area contributed by atoms with E-state index in [1.165, 1.54) is 0 Å². The number of rotatable bonds is 7. The minimum absolute atomic E-state index is 0.0814. The van der Waals surface area contributed by atoms with Gasteiger partial charge in [-0.05, 0) is 62.2 Å². The van der Waals surface area contributed by atoms with Gasteiger partial charge in [-0.25, -0.2) is 0 Å². The molecule has 2 aromatic carbocycles. The molecule has 0 bridgehead atoms. The molecule has 2 N–H and O–H groups in total. The molecule has 0 aliphatic rings. The Labute approximate surface area is 137 Å². The van der Waals surface area contributed by atoms with Crippen LogP contribution < -0.4 is 15.4 Å². The first-order chi connectivity index (χ1) is 11.1. The van der Waals surface area contributed by atoms with Gasteiger partial charge in [-0.1, -0.05) is 19.1 Å². The van der Waals surface area contributed by atoms with Crippen LogP contribution in [0.5, 0.6) is 5.75 Å². The number of hydrogen-bond donors (Lipinski definition) is 2. The molecule has 0 aliphatic heterocycles. The third-order valence-electron chi connectivity index (χ3n) is 3.52. The number of aryl methyl sites for hydroxylation is 1. The number of ether oxygens (including phenoxy) is 1. The molecule has 1 amide bonds. The highest BCUT2D eigenvalue weighted by Gasteiger charge is 2.04. The van der Waals surface area contributed by atoms with E-state index in [0.717, 1.165) is 29.1 Å². The molecule has 2 aromatic rings. The quantitative estimate of drug-likeness (QED) is 0.804. The van der Waals surface area contributed by atoms with Gasteiger partial charge in [-0.2, -0.15) is 0 Å². The maximum atomic E-state index is 12.0. The molecule has 0 saturated heterocycles. The lowest BCUT2D eigenvalue weighted by molar-refractivity contribution is -0.114. The van der Waals surface area contributed by atoms with E-state index in [1.807, 2.05) is 62.4 Å². The summed E-state index contributed by atoms with van der Waals surface area (Å²) in [6, 6.07) is 15.4. The number of nitrogens with one attached hydrogen (secondary N) is 2. The molecule has 2 rings (SSSR count). The lowest BCUT2D eigenvalue weighted by Gasteiger charge is -2.13. The minimum atomic E-state index is -0.0814. The molecule has 0 aromatic heterocycles. The molecule has 0 fully saturated rings. The Hall–Kier alpha value is -2.49. The molecule has 4 nitrogen and oxygen atoms in total. The van der Waals surface area contributed by atoms with Crippen molar-refractivity contribution in [3.05, 3.63) is 54.1 Å². The molecule has 1 unspecified atom stereocenters. The van der Waals surface area contributed by atoms with Gasteiger partial charge >= 0.3 is 0 Å². The van der Waals surface area contributed by atoms with Crippen LogP contribution in [0.4, 0.5) is 11.4 Å². The fourth-order valence-corrected chi connectivity index (χ4v) is 2.08. The molecule has 0 heterocycles. The van der Waals surface area contributed by atoms with Crippen molar-refractivity contribution < 1.29 is 9.53 Å². The van der Waals surface area contributed by atoms with E-state index in [9.17, 15) is 4.79 Å². The van der Waals surface area contributed by atoms with Crippen molar-refractivity contribution in [2.24, 2.45) is 0 Å². The van der Waals surface area contributed by atoms with Gasteiger partial charge in [0.25, 0.3) is 0 Å². The predicted molar refractivity (Wildman–Crippen MR) is 95.1 cm³/mol. The normalized spacial score (nSPS) is 11.6. The second kappa shape index (κ2) is 8.22. The van der Waals surface area contributed by atoms with Gasteiger partial charge in [0, 0.05) is 11.4 Å². The molecular formula is C19H24N2O2. The van der Waals surface area contributed by atoms with Crippen LogP contribution in [0.2, 0.25) is 0 Å². The fraction of sp³-hybridized carbons (Fsp3) is 0.316. The molecule has 23 heavy (non-hydrogen) atoms. The third kappa shape index (κ3) is 5.66. The first kappa shape index (κ1) is 16.9. The summed E-state index contributed by atoms with van der Waals surface area (Å²) in [5.41, 5.74) is 2.86. The average Bonchev–Trinajstić information content (AvgIpc) is 2.55. The number of anilines is 2. The van der Waals surface area contributed by atoms with E-state index in [2.05, 4.69) is 17.6 Å². The van der Waals surface area contributed by atoms with Gasteiger partial charge in [0.2, 0.25) is 5.91 Å². The lowest BCUT2D eigenvalue weighted by Crippen LogP contribution is -2.21. The van der Waals surface area contributed by atoms with E-state index in [-0.39, 0.29) is 18.6 Å². The Kier molecular flexibility index (Phi) is 6.03. The second-order valence-electron chi connectivity index (χ2n) is 5.63. The average molecular weight is 312 g/mol. The van der Waals surface area contributed by atoms with Crippen molar-refractivity contribution in [3.63, 3.8) is 0 Å². The first-order valence-corrected chi connectivity index (χ1v) is 7.94. The maximum absolute atomic E-state index is 12.0. The maximum Gasteiger partial charge on any atom is 0.243 e. The van der Waals surface area contributed by atoms with Gasteiger partial charge in [-0.3, -0.25) is 4.79 Å². The zero-order valence-corrected chi connectivity index (χ0v) is 13.9. The monoisotopic (exact) mass is 312 g/mol. The molecule has 4 heteroatoms. The van der Waals surface area contributed by atoms with Crippen molar-refractivity contribution in [2.75, 3.05) is 17.2 Å².